The van der Waals surface area contributed by atoms with Crippen LogP contribution < -0.4 is 10.5 Å². The van der Waals surface area contributed by atoms with Crippen LogP contribution in [0.3, 0.4) is 0 Å². The zero-order chi connectivity index (χ0) is 13.8. The fourth-order valence-electron chi connectivity index (χ4n) is 1.63. The minimum Gasteiger partial charge on any atom is -0.438 e. The van der Waals surface area contributed by atoms with Gasteiger partial charge in [-0.15, -0.1) is 0 Å². The van der Waals surface area contributed by atoms with Gasteiger partial charge in [-0.05, 0) is 18.6 Å². The highest BCUT2D eigenvalue weighted by Gasteiger charge is 2.11. The topological polar surface area (TPSA) is 61.0 Å². The van der Waals surface area contributed by atoms with Crippen molar-refractivity contribution in [1.82, 2.24) is 9.97 Å². The second-order valence-corrected chi connectivity index (χ2v) is 4.38. The van der Waals surface area contributed by atoms with Gasteiger partial charge < -0.3 is 10.5 Å². The van der Waals surface area contributed by atoms with Crippen LogP contribution in [-0.4, -0.2) is 9.97 Å². The number of rotatable bonds is 4. The number of benzene rings is 1. The van der Waals surface area contributed by atoms with Crippen LogP contribution in [0, 0.1) is 5.82 Å². The third-order valence-corrected chi connectivity index (χ3v) is 2.83. The molecule has 0 saturated heterocycles. The summed E-state index contributed by atoms with van der Waals surface area (Å²) >= 11 is 5.70. The number of anilines is 1. The van der Waals surface area contributed by atoms with E-state index in [0.29, 0.717) is 23.9 Å². The molecule has 0 fully saturated rings. The van der Waals surface area contributed by atoms with E-state index in [0.717, 1.165) is 12.0 Å². The molecule has 0 radical (unpaired) electrons. The molecule has 4 nitrogen and oxygen atoms in total. The Morgan fingerprint density at radius 3 is 2.84 bits per heavy atom. The standard InChI is InChI=1S/C13H13ClFN3O/c1-2-3-9-12(16)17-7-18-13(9)19-8-4-5-11(15)10(14)6-8/h4-7H,2-3H2,1H3,(H2,16,17,18). The average molecular weight is 282 g/mol. The average Bonchev–Trinajstić information content (AvgIpc) is 2.38. The highest BCUT2D eigenvalue weighted by Crippen LogP contribution is 2.29. The molecule has 1 heterocycles. The molecule has 6 heteroatoms. The van der Waals surface area contributed by atoms with Gasteiger partial charge in [0.15, 0.2) is 0 Å². The third kappa shape index (κ3) is 3.12. The molecule has 0 bridgehead atoms. The zero-order valence-corrected chi connectivity index (χ0v) is 11.1. The minimum atomic E-state index is -0.495. The van der Waals surface area contributed by atoms with E-state index in [1.807, 2.05) is 6.92 Å². The van der Waals surface area contributed by atoms with Crippen molar-refractivity contribution in [2.24, 2.45) is 0 Å². The molecule has 2 N–H and O–H groups in total. The fraction of sp³-hybridized carbons (Fsp3) is 0.231. The molecule has 1 aromatic heterocycles. The number of hydrogen-bond donors (Lipinski definition) is 1. The Bertz CT molecular complexity index is 592. The van der Waals surface area contributed by atoms with Crippen molar-refractivity contribution in [3.05, 3.63) is 40.9 Å². The van der Waals surface area contributed by atoms with Gasteiger partial charge >= 0.3 is 0 Å². The van der Waals surface area contributed by atoms with Crippen molar-refractivity contribution in [1.29, 1.82) is 0 Å². The molecule has 0 atom stereocenters. The molecule has 0 amide bonds. The van der Waals surface area contributed by atoms with Crippen LogP contribution in [0.2, 0.25) is 5.02 Å². The molecular formula is C13H13ClFN3O. The van der Waals surface area contributed by atoms with Gasteiger partial charge in [0, 0.05) is 6.07 Å². The highest BCUT2D eigenvalue weighted by atomic mass is 35.5. The first kappa shape index (κ1) is 13.5. The van der Waals surface area contributed by atoms with Gasteiger partial charge in [0.2, 0.25) is 5.88 Å². The molecule has 0 aliphatic carbocycles. The summed E-state index contributed by atoms with van der Waals surface area (Å²) in [5.74, 6) is 0.670. The lowest BCUT2D eigenvalue weighted by molar-refractivity contribution is 0.453. The van der Waals surface area contributed by atoms with Crippen molar-refractivity contribution >= 4 is 17.4 Å². The quantitative estimate of drug-likeness (QED) is 0.930. The van der Waals surface area contributed by atoms with Crippen LogP contribution in [-0.2, 0) is 6.42 Å². The first-order valence-corrected chi connectivity index (χ1v) is 6.22. The molecule has 1 aromatic carbocycles. The van der Waals surface area contributed by atoms with Crippen LogP contribution in [0.5, 0.6) is 11.6 Å². The number of nitrogens with two attached hydrogens (primary N) is 1. The number of aromatic nitrogens is 2. The summed E-state index contributed by atoms with van der Waals surface area (Å²) in [4.78, 5) is 7.99. The zero-order valence-electron chi connectivity index (χ0n) is 10.4. The number of halogens is 2. The van der Waals surface area contributed by atoms with Crippen LogP contribution >= 0.6 is 11.6 Å². The monoisotopic (exact) mass is 281 g/mol. The Morgan fingerprint density at radius 2 is 2.16 bits per heavy atom. The lowest BCUT2D eigenvalue weighted by Crippen LogP contribution is -2.02. The Hall–Kier alpha value is -1.88. The number of nitrogens with zero attached hydrogens (tertiary/aromatic N) is 2. The van der Waals surface area contributed by atoms with Crippen molar-refractivity contribution in [2.75, 3.05) is 5.73 Å². The Balaban J connectivity index is 2.32. The molecule has 0 aliphatic heterocycles. The maximum Gasteiger partial charge on any atom is 0.227 e. The van der Waals surface area contributed by atoms with Gasteiger partial charge in [-0.25, -0.2) is 14.4 Å². The summed E-state index contributed by atoms with van der Waals surface area (Å²) in [5, 5.41) is -0.00318. The Morgan fingerprint density at radius 1 is 1.37 bits per heavy atom. The summed E-state index contributed by atoms with van der Waals surface area (Å²) < 4.78 is 18.7. The maximum atomic E-state index is 13.1. The number of nitrogen functional groups attached to an aromatic ring is 1. The maximum absolute atomic E-state index is 13.1. The smallest absolute Gasteiger partial charge is 0.227 e. The number of hydrogen-bond acceptors (Lipinski definition) is 4. The highest BCUT2D eigenvalue weighted by molar-refractivity contribution is 6.30. The van der Waals surface area contributed by atoms with Gasteiger partial charge in [-0.3, -0.25) is 0 Å². The first-order valence-electron chi connectivity index (χ1n) is 5.84. The second kappa shape index (κ2) is 5.84. The summed E-state index contributed by atoms with van der Waals surface area (Å²) in [7, 11) is 0. The lowest BCUT2D eigenvalue weighted by Gasteiger charge is -2.11. The SMILES string of the molecule is CCCc1c(N)ncnc1Oc1ccc(F)c(Cl)c1. The molecule has 0 unspecified atom stereocenters. The van der Waals surface area contributed by atoms with Crippen molar-refractivity contribution < 1.29 is 9.13 Å². The molecule has 19 heavy (non-hydrogen) atoms. The van der Waals surface area contributed by atoms with Gasteiger partial charge in [-0.1, -0.05) is 24.9 Å². The van der Waals surface area contributed by atoms with Gasteiger partial charge in [0.1, 0.15) is 23.7 Å². The van der Waals surface area contributed by atoms with Gasteiger partial charge in [0.25, 0.3) is 0 Å². The first-order chi connectivity index (χ1) is 9.11. The largest absolute Gasteiger partial charge is 0.438 e. The predicted molar refractivity (Wildman–Crippen MR) is 71.9 cm³/mol. The van der Waals surface area contributed by atoms with Crippen LogP contribution in [0.4, 0.5) is 10.2 Å². The Labute approximate surface area is 115 Å². The van der Waals surface area contributed by atoms with E-state index in [1.165, 1.54) is 24.5 Å². The van der Waals surface area contributed by atoms with Gasteiger partial charge in [0.05, 0.1) is 10.6 Å². The molecular weight excluding hydrogens is 269 g/mol. The van der Waals surface area contributed by atoms with Crippen LogP contribution in [0.1, 0.15) is 18.9 Å². The van der Waals surface area contributed by atoms with Crippen molar-refractivity contribution in [3.8, 4) is 11.6 Å². The lowest BCUT2D eigenvalue weighted by atomic mass is 10.2. The van der Waals surface area contributed by atoms with Gasteiger partial charge in [-0.2, -0.15) is 0 Å². The minimum absolute atomic E-state index is 0.00318. The summed E-state index contributed by atoms with van der Waals surface area (Å²) in [6.07, 6.45) is 2.92. The summed E-state index contributed by atoms with van der Waals surface area (Å²) in [6, 6.07) is 4.11. The van der Waals surface area contributed by atoms with Crippen molar-refractivity contribution in [3.63, 3.8) is 0 Å². The van der Waals surface area contributed by atoms with E-state index >= 15 is 0 Å². The molecule has 2 aromatic rings. The molecule has 0 aliphatic rings. The van der Waals surface area contributed by atoms with E-state index in [9.17, 15) is 4.39 Å². The van der Waals surface area contributed by atoms with E-state index < -0.39 is 5.82 Å². The van der Waals surface area contributed by atoms with E-state index in [1.54, 1.807) is 0 Å². The van der Waals surface area contributed by atoms with E-state index in [-0.39, 0.29) is 5.02 Å². The summed E-state index contributed by atoms with van der Waals surface area (Å²) in [6.45, 7) is 2.02. The second-order valence-electron chi connectivity index (χ2n) is 3.97. The van der Waals surface area contributed by atoms with Crippen LogP contribution in [0.25, 0.3) is 0 Å². The number of ether oxygens (including phenoxy) is 1. The Kier molecular flexibility index (Phi) is 4.16. The van der Waals surface area contributed by atoms with Crippen molar-refractivity contribution in [2.45, 2.75) is 19.8 Å². The third-order valence-electron chi connectivity index (χ3n) is 2.54. The summed E-state index contributed by atoms with van der Waals surface area (Å²) in [5.41, 5.74) is 6.54. The molecule has 2 rings (SSSR count). The van der Waals surface area contributed by atoms with E-state index in [2.05, 4.69) is 9.97 Å². The molecule has 0 saturated carbocycles. The molecule has 0 spiro atoms. The predicted octanol–water partition coefficient (Wildman–Crippen LogP) is 3.60. The molecule has 100 valence electrons. The normalized spacial score (nSPS) is 10.5. The van der Waals surface area contributed by atoms with E-state index in [4.69, 9.17) is 22.1 Å². The van der Waals surface area contributed by atoms with Crippen LogP contribution in [0.15, 0.2) is 24.5 Å². The fourth-order valence-corrected chi connectivity index (χ4v) is 1.80.